The fraction of sp³-hybridized carbons (Fsp3) is 0.500. The summed E-state index contributed by atoms with van der Waals surface area (Å²) in [6.45, 7) is 1.23. The van der Waals surface area contributed by atoms with Gasteiger partial charge >= 0.3 is 0 Å². The largest absolute Gasteiger partial charge is 0.390 e. The summed E-state index contributed by atoms with van der Waals surface area (Å²) in [6.07, 6.45) is 1.80. The number of aryl methyl sites for hydroxylation is 1. The molecule has 2 rings (SSSR count). The van der Waals surface area contributed by atoms with E-state index in [0.717, 1.165) is 12.8 Å². The van der Waals surface area contributed by atoms with Crippen LogP contribution in [-0.4, -0.2) is 24.4 Å². The molecule has 1 saturated heterocycles. The van der Waals surface area contributed by atoms with E-state index in [0.29, 0.717) is 19.1 Å². The van der Waals surface area contributed by atoms with Crippen LogP contribution >= 0.6 is 0 Å². The highest BCUT2D eigenvalue weighted by Gasteiger charge is 2.25. The summed E-state index contributed by atoms with van der Waals surface area (Å²) in [7, 11) is 0. The molecule has 0 spiro atoms. The van der Waals surface area contributed by atoms with E-state index < -0.39 is 0 Å². The zero-order chi connectivity index (χ0) is 9.80. The summed E-state index contributed by atoms with van der Waals surface area (Å²) < 4.78 is 5.21. The Balaban J connectivity index is 1.82. The van der Waals surface area contributed by atoms with Gasteiger partial charge in [-0.15, -0.1) is 0 Å². The molecule has 2 heteroatoms. The highest BCUT2D eigenvalue weighted by Crippen LogP contribution is 2.19. The number of rotatable bonds is 3. The summed E-state index contributed by atoms with van der Waals surface area (Å²) in [4.78, 5) is 0. The maximum Gasteiger partial charge on any atom is 0.0823 e. The van der Waals surface area contributed by atoms with Crippen LogP contribution in [0.25, 0.3) is 0 Å². The Bertz CT molecular complexity index is 271. The summed E-state index contributed by atoms with van der Waals surface area (Å²) in [5.41, 5.74) is 1.34. The highest BCUT2D eigenvalue weighted by molar-refractivity contribution is 5.14. The topological polar surface area (TPSA) is 29.5 Å². The van der Waals surface area contributed by atoms with Gasteiger partial charge in [0, 0.05) is 5.92 Å². The molecule has 0 aromatic heterocycles. The average Bonchev–Trinajstić information content (AvgIpc) is 2.63. The average molecular weight is 192 g/mol. The molecule has 1 N–H and O–H groups in total. The van der Waals surface area contributed by atoms with Crippen molar-refractivity contribution in [2.24, 2.45) is 5.92 Å². The molecule has 0 radical (unpaired) electrons. The summed E-state index contributed by atoms with van der Waals surface area (Å²) in [5.74, 6) is 0.329. The molecule has 2 nitrogen and oxygen atoms in total. The first-order chi connectivity index (χ1) is 6.86. The number of aliphatic hydroxyl groups excluding tert-OH is 1. The molecule has 0 bridgehead atoms. The Kier molecular flexibility index (Phi) is 3.17. The predicted octanol–water partition coefficient (Wildman–Crippen LogP) is 1.63. The van der Waals surface area contributed by atoms with Crippen molar-refractivity contribution in [2.45, 2.75) is 18.9 Å². The second kappa shape index (κ2) is 4.58. The maximum absolute atomic E-state index is 9.54. The lowest BCUT2D eigenvalue weighted by atomic mass is 9.97. The van der Waals surface area contributed by atoms with Crippen molar-refractivity contribution in [3.8, 4) is 0 Å². The molecular formula is C12H16O2. The van der Waals surface area contributed by atoms with Gasteiger partial charge in [-0.2, -0.15) is 0 Å². The third kappa shape index (κ3) is 2.34. The zero-order valence-corrected chi connectivity index (χ0v) is 8.23. The van der Waals surface area contributed by atoms with Crippen LogP contribution in [-0.2, 0) is 11.2 Å². The van der Waals surface area contributed by atoms with E-state index in [4.69, 9.17) is 4.74 Å². The second-order valence-corrected chi connectivity index (χ2v) is 3.89. The molecule has 0 aliphatic carbocycles. The first-order valence-electron chi connectivity index (χ1n) is 5.16. The van der Waals surface area contributed by atoms with Crippen LogP contribution in [0.1, 0.15) is 12.0 Å². The van der Waals surface area contributed by atoms with Gasteiger partial charge in [-0.1, -0.05) is 30.3 Å². The molecule has 1 fully saturated rings. The van der Waals surface area contributed by atoms with Crippen molar-refractivity contribution in [1.29, 1.82) is 0 Å². The van der Waals surface area contributed by atoms with Crippen molar-refractivity contribution in [2.75, 3.05) is 13.2 Å². The van der Waals surface area contributed by atoms with E-state index in [1.54, 1.807) is 0 Å². The zero-order valence-electron chi connectivity index (χ0n) is 8.23. The Labute approximate surface area is 84.5 Å². The third-order valence-corrected chi connectivity index (χ3v) is 2.81. The fourth-order valence-electron chi connectivity index (χ4n) is 1.86. The molecule has 2 atom stereocenters. The lowest BCUT2D eigenvalue weighted by molar-refractivity contribution is 0.117. The number of hydrogen-bond donors (Lipinski definition) is 1. The van der Waals surface area contributed by atoms with Crippen LogP contribution in [0.2, 0.25) is 0 Å². The summed E-state index contributed by atoms with van der Waals surface area (Å²) in [6, 6.07) is 10.4. The van der Waals surface area contributed by atoms with Crippen molar-refractivity contribution in [3.05, 3.63) is 35.9 Å². The van der Waals surface area contributed by atoms with Gasteiger partial charge < -0.3 is 9.84 Å². The van der Waals surface area contributed by atoms with Gasteiger partial charge in [-0.3, -0.25) is 0 Å². The van der Waals surface area contributed by atoms with E-state index in [2.05, 4.69) is 24.3 Å². The van der Waals surface area contributed by atoms with E-state index in [-0.39, 0.29) is 6.10 Å². The number of benzene rings is 1. The molecule has 1 heterocycles. The molecule has 0 saturated carbocycles. The van der Waals surface area contributed by atoms with Crippen molar-refractivity contribution < 1.29 is 9.84 Å². The van der Waals surface area contributed by atoms with Crippen LogP contribution in [0.4, 0.5) is 0 Å². The molecular weight excluding hydrogens is 176 g/mol. The lowest BCUT2D eigenvalue weighted by Crippen LogP contribution is -2.18. The Hall–Kier alpha value is -0.860. The minimum absolute atomic E-state index is 0.251. The molecule has 14 heavy (non-hydrogen) atoms. The Morgan fingerprint density at radius 3 is 2.64 bits per heavy atom. The second-order valence-electron chi connectivity index (χ2n) is 3.89. The smallest absolute Gasteiger partial charge is 0.0823 e. The van der Waals surface area contributed by atoms with Crippen LogP contribution in [0.5, 0.6) is 0 Å². The fourth-order valence-corrected chi connectivity index (χ4v) is 1.86. The van der Waals surface area contributed by atoms with E-state index in [9.17, 15) is 5.11 Å². The van der Waals surface area contributed by atoms with Crippen LogP contribution in [0, 0.1) is 5.92 Å². The van der Waals surface area contributed by atoms with Gasteiger partial charge in [-0.05, 0) is 18.4 Å². The standard InChI is InChI=1S/C12H16O2/c13-12-9-14-8-11(12)7-6-10-4-2-1-3-5-10/h1-5,11-13H,6-9H2/t11?,12-/m0/s1. The first-order valence-corrected chi connectivity index (χ1v) is 5.16. The van der Waals surface area contributed by atoms with Gasteiger partial charge in [0.2, 0.25) is 0 Å². The van der Waals surface area contributed by atoms with Gasteiger partial charge in [0.25, 0.3) is 0 Å². The summed E-state index contributed by atoms with van der Waals surface area (Å²) >= 11 is 0. The molecule has 1 aliphatic heterocycles. The van der Waals surface area contributed by atoms with Crippen molar-refractivity contribution >= 4 is 0 Å². The van der Waals surface area contributed by atoms with E-state index in [1.165, 1.54) is 5.56 Å². The quantitative estimate of drug-likeness (QED) is 0.788. The molecule has 76 valence electrons. The number of aliphatic hydroxyl groups is 1. The van der Waals surface area contributed by atoms with E-state index in [1.807, 2.05) is 6.07 Å². The number of ether oxygens (including phenoxy) is 1. The van der Waals surface area contributed by atoms with Crippen LogP contribution in [0.3, 0.4) is 0 Å². The lowest BCUT2D eigenvalue weighted by Gasteiger charge is -2.11. The van der Waals surface area contributed by atoms with Crippen molar-refractivity contribution in [3.63, 3.8) is 0 Å². The minimum atomic E-state index is -0.251. The van der Waals surface area contributed by atoms with Crippen LogP contribution < -0.4 is 0 Å². The Morgan fingerprint density at radius 2 is 2.00 bits per heavy atom. The van der Waals surface area contributed by atoms with Gasteiger partial charge in [-0.25, -0.2) is 0 Å². The first kappa shape index (κ1) is 9.69. The van der Waals surface area contributed by atoms with Crippen molar-refractivity contribution in [1.82, 2.24) is 0 Å². The Morgan fingerprint density at radius 1 is 1.21 bits per heavy atom. The van der Waals surface area contributed by atoms with Gasteiger partial charge in [0.05, 0.1) is 19.3 Å². The predicted molar refractivity (Wildman–Crippen MR) is 55.1 cm³/mol. The molecule has 1 unspecified atom stereocenters. The normalized spacial score (nSPS) is 26.6. The van der Waals surface area contributed by atoms with Gasteiger partial charge in [0.15, 0.2) is 0 Å². The number of hydrogen-bond acceptors (Lipinski definition) is 2. The van der Waals surface area contributed by atoms with Crippen LogP contribution in [0.15, 0.2) is 30.3 Å². The molecule has 1 aromatic carbocycles. The van der Waals surface area contributed by atoms with Gasteiger partial charge in [0.1, 0.15) is 0 Å². The SMILES string of the molecule is O[C@H]1COCC1CCc1ccccc1. The highest BCUT2D eigenvalue weighted by atomic mass is 16.5. The maximum atomic E-state index is 9.54. The third-order valence-electron chi connectivity index (χ3n) is 2.81. The summed E-state index contributed by atoms with van der Waals surface area (Å²) in [5, 5.41) is 9.54. The molecule has 0 amide bonds. The minimum Gasteiger partial charge on any atom is -0.390 e. The van der Waals surface area contributed by atoms with E-state index >= 15 is 0 Å². The molecule has 1 aromatic rings. The molecule has 1 aliphatic rings. The monoisotopic (exact) mass is 192 g/mol.